The molecule has 0 aliphatic rings. The van der Waals surface area contributed by atoms with Crippen LogP contribution in [0, 0.1) is 0 Å². The standard InChI is InChI=1S/C17H17ClN4O/c1-22(2)10-15(23)19-12-8-6-11(7-9-12)17-20-14-5-3-4-13(18)16(14)21-17/h3-9H,10H2,1-2H3,(H,19,23)(H,20,21). The monoisotopic (exact) mass is 328 g/mol. The number of fused-ring (bicyclic) bond motifs is 1. The van der Waals surface area contributed by atoms with Crippen molar-refractivity contribution in [2.24, 2.45) is 0 Å². The maximum absolute atomic E-state index is 11.7. The number of nitrogens with one attached hydrogen (secondary N) is 2. The van der Waals surface area contributed by atoms with Gasteiger partial charge in [0.25, 0.3) is 0 Å². The molecule has 2 aromatic carbocycles. The van der Waals surface area contributed by atoms with Crippen LogP contribution in [0.5, 0.6) is 0 Å². The second-order valence-corrected chi connectivity index (χ2v) is 5.99. The second-order valence-electron chi connectivity index (χ2n) is 5.58. The van der Waals surface area contributed by atoms with E-state index in [1.807, 2.05) is 61.5 Å². The maximum atomic E-state index is 11.7. The van der Waals surface area contributed by atoms with Crippen LogP contribution in [-0.2, 0) is 4.79 Å². The summed E-state index contributed by atoms with van der Waals surface area (Å²) in [6.07, 6.45) is 0. The number of likely N-dealkylation sites (N-methyl/N-ethyl adjacent to an activating group) is 1. The average Bonchev–Trinajstić information content (AvgIpc) is 2.92. The molecule has 2 N–H and O–H groups in total. The fourth-order valence-electron chi connectivity index (χ4n) is 2.33. The van der Waals surface area contributed by atoms with E-state index in [0.717, 1.165) is 28.1 Å². The summed E-state index contributed by atoms with van der Waals surface area (Å²) in [7, 11) is 3.71. The lowest BCUT2D eigenvalue weighted by molar-refractivity contribution is -0.116. The van der Waals surface area contributed by atoms with E-state index in [1.165, 1.54) is 0 Å². The molecule has 6 heteroatoms. The summed E-state index contributed by atoms with van der Waals surface area (Å²) in [5.41, 5.74) is 3.35. The van der Waals surface area contributed by atoms with Crippen LogP contribution in [0.1, 0.15) is 0 Å². The lowest BCUT2D eigenvalue weighted by Crippen LogP contribution is -2.27. The van der Waals surface area contributed by atoms with Gasteiger partial charge in [-0.05, 0) is 50.5 Å². The molecule has 0 aliphatic carbocycles. The number of rotatable bonds is 4. The number of aromatic nitrogens is 2. The zero-order valence-corrected chi connectivity index (χ0v) is 13.7. The summed E-state index contributed by atoms with van der Waals surface area (Å²) in [5.74, 6) is 0.706. The van der Waals surface area contributed by atoms with Crippen LogP contribution in [0.3, 0.4) is 0 Å². The number of para-hydroxylation sites is 1. The van der Waals surface area contributed by atoms with E-state index in [1.54, 1.807) is 0 Å². The smallest absolute Gasteiger partial charge is 0.238 e. The number of amides is 1. The number of hydrogen-bond donors (Lipinski definition) is 2. The molecule has 1 heterocycles. The molecule has 0 atom stereocenters. The fraction of sp³-hybridized carbons (Fsp3) is 0.176. The van der Waals surface area contributed by atoms with Crippen molar-refractivity contribution in [3.05, 3.63) is 47.5 Å². The Morgan fingerprint density at radius 1 is 1.22 bits per heavy atom. The highest BCUT2D eigenvalue weighted by Gasteiger charge is 2.08. The first-order chi connectivity index (χ1) is 11.0. The Balaban J connectivity index is 1.81. The Kier molecular flexibility index (Phi) is 4.32. The minimum atomic E-state index is -0.0433. The predicted octanol–water partition coefficient (Wildman–Crippen LogP) is 3.38. The number of carbonyl (C=O) groups is 1. The minimum absolute atomic E-state index is 0.0433. The number of imidazole rings is 1. The van der Waals surface area contributed by atoms with E-state index in [9.17, 15) is 4.79 Å². The number of anilines is 1. The van der Waals surface area contributed by atoms with E-state index in [0.29, 0.717) is 11.6 Å². The van der Waals surface area contributed by atoms with E-state index in [-0.39, 0.29) is 5.91 Å². The number of halogens is 1. The third-order valence-corrected chi connectivity index (χ3v) is 3.67. The van der Waals surface area contributed by atoms with E-state index >= 15 is 0 Å². The van der Waals surface area contributed by atoms with Crippen LogP contribution < -0.4 is 5.32 Å². The molecule has 0 aliphatic heterocycles. The molecule has 0 fully saturated rings. The first-order valence-corrected chi connectivity index (χ1v) is 7.60. The van der Waals surface area contributed by atoms with E-state index < -0.39 is 0 Å². The maximum Gasteiger partial charge on any atom is 0.238 e. The van der Waals surface area contributed by atoms with Crippen molar-refractivity contribution in [2.75, 3.05) is 26.0 Å². The minimum Gasteiger partial charge on any atom is -0.338 e. The number of benzene rings is 2. The summed E-state index contributed by atoms with van der Waals surface area (Å²) in [5, 5.41) is 3.48. The van der Waals surface area contributed by atoms with Crippen LogP contribution in [0.15, 0.2) is 42.5 Å². The molecular weight excluding hydrogens is 312 g/mol. The molecule has 0 spiro atoms. The van der Waals surface area contributed by atoms with Crippen LogP contribution in [0.2, 0.25) is 5.02 Å². The summed E-state index contributed by atoms with van der Waals surface area (Å²) in [6, 6.07) is 13.2. The average molecular weight is 329 g/mol. The molecule has 0 unspecified atom stereocenters. The zero-order chi connectivity index (χ0) is 16.4. The van der Waals surface area contributed by atoms with Gasteiger partial charge in [-0.1, -0.05) is 17.7 Å². The van der Waals surface area contributed by atoms with Gasteiger partial charge in [0.15, 0.2) is 0 Å². The number of hydrogen-bond acceptors (Lipinski definition) is 3. The summed E-state index contributed by atoms with van der Waals surface area (Å²) >= 11 is 6.15. The van der Waals surface area contributed by atoms with E-state index in [4.69, 9.17) is 11.6 Å². The van der Waals surface area contributed by atoms with Gasteiger partial charge in [-0.3, -0.25) is 4.79 Å². The van der Waals surface area contributed by atoms with Gasteiger partial charge in [-0.25, -0.2) is 4.98 Å². The quantitative estimate of drug-likeness (QED) is 0.771. The summed E-state index contributed by atoms with van der Waals surface area (Å²) in [4.78, 5) is 21.3. The lowest BCUT2D eigenvalue weighted by Gasteiger charge is -2.10. The van der Waals surface area contributed by atoms with Crippen molar-refractivity contribution in [1.29, 1.82) is 0 Å². The predicted molar refractivity (Wildman–Crippen MR) is 93.7 cm³/mol. The third-order valence-electron chi connectivity index (χ3n) is 3.37. The normalized spacial score (nSPS) is 11.1. The molecular formula is C17H17ClN4O. The molecule has 23 heavy (non-hydrogen) atoms. The molecule has 118 valence electrons. The molecule has 0 radical (unpaired) electrons. The highest BCUT2D eigenvalue weighted by atomic mass is 35.5. The Hall–Kier alpha value is -2.37. The molecule has 3 rings (SSSR count). The number of aromatic amines is 1. The van der Waals surface area contributed by atoms with Crippen molar-refractivity contribution in [3.63, 3.8) is 0 Å². The van der Waals surface area contributed by atoms with Gasteiger partial charge in [0.2, 0.25) is 5.91 Å². The van der Waals surface area contributed by atoms with Gasteiger partial charge in [0, 0.05) is 11.3 Å². The molecule has 0 saturated carbocycles. The van der Waals surface area contributed by atoms with Crippen molar-refractivity contribution in [2.45, 2.75) is 0 Å². The highest BCUT2D eigenvalue weighted by Crippen LogP contribution is 2.26. The van der Waals surface area contributed by atoms with Crippen molar-refractivity contribution in [1.82, 2.24) is 14.9 Å². The van der Waals surface area contributed by atoms with Gasteiger partial charge in [0.05, 0.1) is 17.1 Å². The summed E-state index contributed by atoms with van der Waals surface area (Å²) < 4.78 is 0. The summed E-state index contributed by atoms with van der Waals surface area (Å²) in [6.45, 7) is 0.351. The van der Waals surface area contributed by atoms with E-state index in [2.05, 4.69) is 15.3 Å². The SMILES string of the molecule is CN(C)CC(=O)Nc1ccc(-c2nc3c(Cl)cccc3[nH]2)cc1. The number of carbonyl (C=O) groups excluding carboxylic acids is 1. The van der Waals surface area contributed by atoms with Gasteiger partial charge < -0.3 is 15.2 Å². The molecule has 1 amide bonds. The van der Waals surface area contributed by atoms with Crippen molar-refractivity contribution >= 4 is 34.2 Å². The topological polar surface area (TPSA) is 61.0 Å². The first kappa shape index (κ1) is 15.5. The molecule has 1 aromatic heterocycles. The van der Waals surface area contributed by atoms with Gasteiger partial charge >= 0.3 is 0 Å². The molecule has 5 nitrogen and oxygen atoms in total. The largest absolute Gasteiger partial charge is 0.338 e. The van der Waals surface area contributed by atoms with Crippen LogP contribution >= 0.6 is 11.6 Å². The molecule has 0 bridgehead atoms. The van der Waals surface area contributed by atoms with Gasteiger partial charge in [-0.2, -0.15) is 0 Å². The first-order valence-electron chi connectivity index (χ1n) is 7.22. The van der Waals surface area contributed by atoms with Crippen LogP contribution in [-0.4, -0.2) is 41.4 Å². The molecule has 3 aromatic rings. The second kappa shape index (κ2) is 6.40. The zero-order valence-electron chi connectivity index (χ0n) is 12.9. The Morgan fingerprint density at radius 3 is 2.61 bits per heavy atom. The van der Waals surface area contributed by atoms with Gasteiger partial charge in [0.1, 0.15) is 11.3 Å². The highest BCUT2D eigenvalue weighted by molar-refractivity contribution is 6.35. The van der Waals surface area contributed by atoms with Crippen molar-refractivity contribution < 1.29 is 4.79 Å². The van der Waals surface area contributed by atoms with Gasteiger partial charge in [-0.15, -0.1) is 0 Å². The van der Waals surface area contributed by atoms with Crippen molar-refractivity contribution in [3.8, 4) is 11.4 Å². The Bertz CT molecular complexity index is 839. The third kappa shape index (κ3) is 3.52. The van der Waals surface area contributed by atoms with Crippen LogP contribution in [0.4, 0.5) is 5.69 Å². The number of H-pyrrole nitrogens is 1. The fourth-order valence-corrected chi connectivity index (χ4v) is 2.55. The lowest BCUT2D eigenvalue weighted by atomic mass is 10.2. The Morgan fingerprint density at radius 2 is 1.96 bits per heavy atom. The molecule has 0 saturated heterocycles. The Labute approximate surface area is 139 Å². The van der Waals surface area contributed by atoms with Crippen LogP contribution in [0.25, 0.3) is 22.4 Å². The number of nitrogens with zero attached hydrogens (tertiary/aromatic N) is 2.